The summed E-state index contributed by atoms with van der Waals surface area (Å²) < 4.78 is 4.04. The first kappa shape index (κ1) is 19.2. The second-order valence-electron chi connectivity index (χ2n) is 7.80. The third-order valence-corrected chi connectivity index (χ3v) is 5.70. The molecule has 5 heteroatoms. The third-order valence-electron chi connectivity index (χ3n) is 5.70. The lowest BCUT2D eigenvalue weighted by Crippen LogP contribution is -2.20. The van der Waals surface area contributed by atoms with Gasteiger partial charge in [0.05, 0.1) is 28.3 Å². The maximum atomic E-state index is 12.7. The molecular weight excluding hydrogens is 384 g/mol. The third kappa shape index (κ3) is 3.99. The van der Waals surface area contributed by atoms with Crippen LogP contribution < -0.4 is 5.56 Å². The summed E-state index contributed by atoms with van der Waals surface area (Å²) in [6, 6.07) is 26.3. The average molecular weight is 409 g/mol. The molecule has 0 aliphatic carbocycles. The molecule has 0 bridgehead atoms. The summed E-state index contributed by atoms with van der Waals surface area (Å²) in [5.41, 5.74) is 4.23. The Hall–Kier alpha value is -3.73. The number of hydrogen-bond acceptors (Lipinski definition) is 3. The van der Waals surface area contributed by atoms with Crippen LogP contribution in [0.2, 0.25) is 0 Å². The monoisotopic (exact) mass is 408 g/mol. The molecule has 0 amide bonds. The number of imidazole rings is 1. The molecule has 0 aliphatic heterocycles. The summed E-state index contributed by atoms with van der Waals surface area (Å²) >= 11 is 0. The lowest BCUT2D eigenvalue weighted by atomic mass is 10.1. The Morgan fingerprint density at radius 2 is 1.45 bits per heavy atom. The van der Waals surface area contributed by atoms with Gasteiger partial charge in [-0.15, -0.1) is 0 Å². The smallest absolute Gasteiger partial charge is 0.261 e. The number of unbranched alkanes of at least 4 members (excludes halogenated alkanes) is 1. The molecule has 154 valence electrons. The van der Waals surface area contributed by atoms with Crippen LogP contribution in [0.3, 0.4) is 0 Å². The molecule has 31 heavy (non-hydrogen) atoms. The van der Waals surface area contributed by atoms with E-state index in [9.17, 15) is 4.79 Å². The van der Waals surface area contributed by atoms with E-state index in [1.807, 2.05) is 36.4 Å². The van der Waals surface area contributed by atoms with E-state index in [2.05, 4.69) is 52.0 Å². The van der Waals surface area contributed by atoms with Crippen LogP contribution in [0.25, 0.3) is 21.9 Å². The normalized spacial score (nSPS) is 11.4. The van der Waals surface area contributed by atoms with Gasteiger partial charge in [0.2, 0.25) is 0 Å². The lowest BCUT2D eigenvalue weighted by Gasteiger charge is -2.10. The van der Waals surface area contributed by atoms with Crippen LogP contribution in [0.5, 0.6) is 0 Å². The standard InChI is InChI=1S/C26H24N4O/c31-26-21-12-4-5-13-22(21)27-19-29(26)16-8-9-17-30-24-15-7-6-14-23(24)28-25(30)18-20-10-2-1-3-11-20/h1-7,10-15,19H,8-9,16-18H2. The van der Waals surface area contributed by atoms with E-state index in [1.165, 1.54) is 5.56 Å². The van der Waals surface area contributed by atoms with Gasteiger partial charge in [-0.3, -0.25) is 9.36 Å². The van der Waals surface area contributed by atoms with Crippen molar-refractivity contribution >= 4 is 21.9 Å². The van der Waals surface area contributed by atoms with E-state index in [0.29, 0.717) is 11.9 Å². The van der Waals surface area contributed by atoms with E-state index < -0.39 is 0 Å². The van der Waals surface area contributed by atoms with E-state index in [-0.39, 0.29) is 5.56 Å². The van der Waals surface area contributed by atoms with Crippen molar-refractivity contribution in [3.8, 4) is 0 Å². The second kappa shape index (κ2) is 8.56. The lowest BCUT2D eigenvalue weighted by molar-refractivity contribution is 0.540. The molecule has 5 aromatic rings. The van der Waals surface area contributed by atoms with Crippen molar-refractivity contribution in [1.29, 1.82) is 0 Å². The minimum Gasteiger partial charge on any atom is -0.328 e. The Kier molecular flexibility index (Phi) is 5.31. The van der Waals surface area contributed by atoms with Crippen LogP contribution in [-0.2, 0) is 19.5 Å². The van der Waals surface area contributed by atoms with E-state index >= 15 is 0 Å². The Bertz CT molecular complexity index is 1390. The summed E-state index contributed by atoms with van der Waals surface area (Å²) in [7, 11) is 0. The van der Waals surface area contributed by atoms with Gasteiger partial charge in [-0.25, -0.2) is 9.97 Å². The number of fused-ring (bicyclic) bond motifs is 2. The van der Waals surface area contributed by atoms with Gasteiger partial charge in [-0.2, -0.15) is 0 Å². The number of nitrogens with zero attached hydrogens (tertiary/aromatic N) is 4. The van der Waals surface area contributed by atoms with E-state index in [0.717, 1.165) is 48.2 Å². The highest BCUT2D eigenvalue weighted by molar-refractivity contribution is 5.77. The SMILES string of the molecule is O=c1c2ccccc2ncn1CCCCn1c(Cc2ccccc2)nc2ccccc21. The first-order valence-electron chi connectivity index (χ1n) is 10.7. The average Bonchev–Trinajstić information content (AvgIpc) is 3.16. The van der Waals surface area contributed by atoms with E-state index in [1.54, 1.807) is 10.9 Å². The molecule has 0 aliphatic rings. The largest absolute Gasteiger partial charge is 0.328 e. The van der Waals surface area contributed by atoms with Crippen molar-refractivity contribution in [2.75, 3.05) is 0 Å². The fourth-order valence-corrected chi connectivity index (χ4v) is 4.11. The molecule has 0 spiro atoms. The van der Waals surface area contributed by atoms with Crippen LogP contribution in [0.1, 0.15) is 24.2 Å². The minimum absolute atomic E-state index is 0.0310. The molecule has 0 saturated heterocycles. The van der Waals surface area contributed by atoms with Crippen LogP contribution in [0.4, 0.5) is 0 Å². The molecule has 2 aromatic heterocycles. The molecule has 3 aromatic carbocycles. The highest BCUT2D eigenvalue weighted by Gasteiger charge is 2.11. The Labute approximate surface area is 180 Å². The van der Waals surface area contributed by atoms with Crippen molar-refractivity contribution < 1.29 is 0 Å². The van der Waals surface area contributed by atoms with Gasteiger partial charge >= 0.3 is 0 Å². The molecule has 5 nitrogen and oxygen atoms in total. The zero-order valence-corrected chi connectivity index (χ0v) is 17.3. The van der Waals surface area contributed by atoms with Crippen LogP contribution >= 0.6 is 0 Å². The Morgan fingerprint density at radius 3 is 2.32 bits per heavy atom. The summed E-state index contributed by atoms with van der Waals surface area (Å²) in [6.45, 7) is 1.54. The highest BCUT2D eigenvalue weighted by atomic mass is 16.1. The number of aromatic nitrogens is 4. The van der Waals surface area contributed by atoms with Gasteiger partial charge in [0.1, 0.15) is 5.82 Å². The number of rotatable bonds is 7. The Balaban J connectivity index is 1.32. The van der Waals surface area contributed by atoms with Crippen molar-refractivity contribution in [2.24, 2.45) is 0 Å². The Morgan fingerprint density at radius 1 is 0.742 bits per heavy atom. The van der Waals surface area contributed by atoms with Gasteiger partial charge in [0, 0.05) is 19.5 Å². The van der Waals surface area contributed by atoms with Crippen LogP contribution in [-0.4, -0.2) is 19.1 Å². The summed E-state index contributed by atoms with van der Waals surface area (Å²) in [6.07, 6.45) is 4.33. The zero-order valence-electron chi connectivity index (χ0n) is 17.3. The summed E-state index contributed by atoms with van der Waals surface area (Å²) in [5, 5.41) is 0.677. The second-order valence-corrected chi connectivity index (χ2v) is 7.80. The molecule has 0 atom stereocenters. The topological polar surface area (TPSA) is 52.7 Å². The molecule has 2 heterocycles. The molecule has 0 N–H and O–H groups in total. The fraction of sp³-hybridized carbons (Fsp3) is 0.192. The van der Waals surface area contributed by atoms with Crippen LogP contribution in [0, 0.1) is 0 Å². The van der Waals surface area contributed by atoms with Crippen molar-refractivity contribution in [3.63, 3.8) is 0 Å². The molecule has 0 saturated carbocycles. The number of para-hydroxylation sites is 3. The predicted molar refractivity (Wildman–Crippen MR) is 124 cm³/mol. The van der Waals surface area contributed by atoms with Gasteiger partial charge in [-0.05, 0) is 42.7 Å². The van der Waals surface area contributed by atoms with Crippen molar-refractivity contribution in [3.05, 3.63) is 107 Å². The quantitative estimate of drug-likeness (QED) is 0.363. The summed E-state index contributed by atoms with van der Waals surface area (Å²) in [4.78, 5) is 22.0. The first-order chi connectivity index (χ1) is 15.3. The highest BCUT2D eigenvalue weighted by Crippen LogP contribution is 2.19. The predicted octanol–water partition coefficient (Wildman–Crippen LogP) is 4.82. The molecule has 0 fully saturated rings. The van der Waals surface area contributed by atoms with Gasteiger partial charge in [0.15, 0.2) is 0 Å². The maximum Gasteiger partial charge on any atom is 0.261 e. The molecule has 0 radical (unpaired) electrons. The fourth-order valence-electron chi connectivity index (χ4n) is 4.11. The van der Waals surface area contributed by atoms with Crippen molar-refractivity contribution in [2.45, 2.75) is 32.4 Å². The summed E-state index contributed by atoms with van der Waals surface area (Å²) in [5.74, 6) is 1.08. The van der Waals surface area contributed by atoms with Crippen molar-refractivity contribution in [1.82, 2.24) is 19.1 Å². The molecule has 5 rings (SSSR count). The number of hydrogen-bond donors (Lipinski definition) is 0. The zero-order chi connectivity index (χ0) is 21.0. The first-order valence-corrected chi connectivity index (χ1v) is 10.7. The number of benzene rings is 3. The maximum absolute atomic E-state index is 12.7. The molecular formula is C26H24N4O. The van der Waals surface area contributed by atoms with E-state index in [4.69, 9.17) is 4.98 Å². The molecule has 0 unspecified atom stereocenters. The minimum atomic E-state index is 0.0310. The van der Waals surface area contributed by atoms with Crippen LogP contribution in [0.15, 0.2) is 90.0 Å². The van der Waals surface area contributed by atoms with Gasteiger partial charge in [-0.1, -0.05) is 54.6 Å². The number of aryl methyl sites for hydroxylation is 2. The van der Waals surface area contributed by atoms with Gasteiger partial charge in [0.25, 0.3) is 5.56 Å². The van der Waals surface area contributed by atoms with Gasteiger partial charge < -0.3 is 4.57 Å².